The molecule has 1 unspecified atom stereocenters. The molecule has 9 heteroatoms. The highest BCUT2D eigenvalue weighted by Crippen LogP contribution is 2.33. The molecule has 2 N–H and O–H groups in total. The van der Waals surface area contributed by atoms with Crippen molar-refractivity contribution < 1.29 is 17.9 Å². The van der Waals surface area contributed by atoms with Crippen LogP contribution < -0.4 is 15.4 Å². The molecule has 4 rings (SSSR count). The van der Waals surface area contributed by atoms with Gasteiger partial charge in [0.25, 0.3) is 0 Å². The largest absolute Gasteiger partial charge is 0.497 e. The number of carbonyl (C=O) groups is 1. The number of aryl methyl sites for hydroxylation is 1. The van der Waals surface area contributed by atoms with Crippen LogP contribution >= 0.6 is 0 Å². The average Bonchev–Trinajstić information content (AvgIpc) is 2.84. The summed E-state index contributed by atoms with van der Waals surface area (Å²) in [5.74, 6) is 1.36. The van der Waals surface area contributed by atoms with Gasteiger partial charge in [0.05, 0.1) is 12.0 Å². The van der Waals surface area contributed by atoms with Gasteiger partial charge in [0, 0.05) is 38.1 Å². The lowest BCUT2D eigenvalue weighted by Crippen LogP contribution is -2.44. The summed E-state index contributed by atoms with van der Waals surface area (Å²) in [6, 6.07) is 4.41. The lowest BCUT2D eigenvalue weighted by molar-refractivity contribution is -0.122. The smallest absolute Gasteiger partial charge is 0.243 e. The van der Waals surface area contributed by atoms with Crippen molar-refractivity contribution in [3.05, 3.63) is 23.3 Å². The van der Waals surface area contributed by atoms with Gasteiger partial charge in [-0.2, -0.15) is 4.31 Å². The van der Waals surface area contributed by atoms with E-state index in [1.165, 1.54) is 30.1 Å². The number of hydrogen-bond donors (Lipinski definition) is 2. The van der Waals surface area contributed by atoms with Crippen molar-refractivity contribution in [3.63, 3.8) is 0 Å². The minimum atomic E-state index is -3.61. The number of likely N-dealkylation sites (tertiary alicyclic amines) is 1. The molecular formula is C27H44N4O4S. The predicted molar refractivity (Wildman–Crippen MR) is 142 cm³/mol. The van der Waals surface area contributed by atoms with Crippen molar-refractivity contribution in [2.45, 2.75) is 81.7 Å². The van der Waals surface area contributed by atoms with Crippen LogP contribution in [0.5, 0.6) is 5.75 Å². The molecule has 0 radical (unpaired) electrons. The molecule has 2 heterocycles. The molecule has 0 spiro atoms. The summed E-state index contributed by atoms with van der Waals surface area (Å²) in [5, 5.41) is 6.91. The number of benzene rings is 1. The molecule has 2 aliphatic heterocycles. The minimum absolute atomic E-state index is 0.0472. The Balaban J connectivity index is 1.17. The van der Waals surface area contributed by atoms with Crippen molar-refractivity contribution in [3.8, 4) is 5.75 Å². The van der Waals surface area contributed by atoms with Crippen LogP contribution in [-0.4, -0.2) is 82.5 Å². The van der Waals surface area contributed by atoms with E-state index >= 15 is 0 Å². The Morgan fingerprint density at radius 3 is 2.61 bits per heavy atom. The monoisotopic (exact) mass is 520 g/mol. The normalized spacial score (nSPS) is 26.8. The van der Waals surface area contributed by atoms with Crippen LogP contribution in [0.1, 0.15) is 62.5 Å². The number of carbonyl (C=O) groups excluding carboxylic acids is 1. The molecule has 2 fully saturated rings. The zero-order chi connectivity index (χ0) is 25.7. The van der Waals surface area contributed by atoms with Crippen LogP contribution in [0.4, 0.5) is 0 Å². The van der Waals surface area contributed by atoms with Crippen molar-refractivity contribution in [1.82, 2.24) is 19.8 Å². The second kappa shape index (κ2) is 12.2. The van der Waals surface area contributed by atoms with Gasteiger partial charge in [-0.05, 0) is 108 Å². The zero-order valence-electron chi connectivity index (χ0n) is 22.2. The number of nitrogens with one attached hydrogen (secondary N) is 2. The van der Waals surface area contributed by atoms with E-state index in [4.69, 9.17) is 4.74 Å². The lowest BCUT2D eigenvalue weighted by Gasteiger charge is -2.32. The first-order chi connectivity index (χ1) is 17.3. The molecule has 1 aromatic rings. The zero-order valence-corrected chi connectivity index (χ0v) is 23.0. The van der Waals surface area contributed by atoms with E-state index in [0.717, 1.165) is 50.3 Å². The number of likely N-dealkylation sites (N-methyl/N-ethyl adjacent to an activating group) is 1. The molecule has 1 amide bonds. The van der Waals surface area contributed by atoms with E-state index in [0.29, 0.717) is 35.2 Å². The Hall–Kier alpha value is -1.68. The second-order valence-corrected chi connectivity index (χ2v) is 12.8. The van der Waals surface area contributed by atoms with E-state index in [-0.39, 0.29) is 24.9 Å². The Labute approximate surface area is 217 Å². The van der Waals surface area contributed by atoms with Gasteiger partial charge < -0.3 is 20.3 Å². The van der Waals surface area contributed by atoms with Gasteiger partial charge >= 0.3 is 0 Å². The van der Waals surface area contributed by atoms with E-state index in [1.54, 1.807) is 20.1 Å². The van der Waals surface area contributed by atoms with Crippen LogP contribution in [0, 0.1) is 12.8 Å². The molecule has 8 nitrogen and oxygen atoms in total. The van der Waals surface area contributed by atoms with Gasteiger partial charge in [-0.3, -0.25) is 4.79 Å². The summed E-state index contributed by atoms with van der Waals surface area (Å²) >= 11 is 0. The molecule has 1 saturated carbocycles. The maximum atomic E-state index is 13.2. The van der Waals surface area contributed by atoms with Crippen LogP contribution in [0.15, 0.2) is 17.0 Å². The fourth-order valence-corrected chi connectivity index (χ4v) is 8.04. The minimum Gasteiger partial charge on any atom is -0.497 e. The highest BCUT2D eigenvalue weighted by Gasteiger charge is 2.33. The summed E-state index contributed by atoms with van der Waals surface area (Å²) in [5.41, 5.74) is 1.49. The SMILES string of the molecule is COc1cc(C)c2c(c1)CCN(CCC(=O)NC1CCC(CCNC3CCCN(C)C3)CC1)S2(=O)=O. The maximum Gasteiger partial charge on any atom is 0.243 e. The van der Waals surface area contributed by atoms with E-state index in [9.17, 15) is 13.2 Å². The molecule has 202 valence electrons. The first-order valence-electron chi connectivity index (χ1n) is 13.6. The van der Waals surface area contributed by atoms with Crippen LogP contribution in [-0.2, 0) is 21.2 Å². The maximum absolute atomic E-state index is 13.2. The van der Waals surface area contributed by atoms with E-state index in [2.05, 4.69) is 22.6 Å². The fraction of sp³-hybridized carbons (Fsp3) is 0.741. The molecule has 1 aromatic carbocycles. The molecule has 1 saturated heterocycles. The predicted octanol–water partition coefficient (Wildman–Crippen LogP) is 2.69. The summed E-state index contributed by atoms with van der Waals surface area (Å²) in [7, 11) is 0.183. The number of rotatable bonds is 9. The Bertz CT molecular complexity index is 1010. The Morgan fingerprint density at radius 2 is 1.89 bits per heavy atom. The number of piperidine rings is 1. The molecule has 0 aromatic heterocycles. The molecule has 36 heavy (non-hydrogen) atoms. The number of nitrogens with zero attached hydrogens (tertiary/aromatic N) is 2. The summed E-state index contributed by atoms with van der Waals surface area (Å²) < 4.78 is 33.2. The molecule has 3 aliphatic rings. The second-order valence-electron chi connectivity index (χ2n) is 11.0. The number of ether oxygens (including phenoxy) is 1. The molecule has 1 aliphatic carbocycles. The molecular weight excluding hydrogens is 476 g/mol. The van der Waals surface area contributed by atoms with Gasteiger partial charge in [-0.25, -0.2) is 8.42 Å². The summed E-state index contributed by atoms with van der Waals surface area (Å²) in [6.07, 6.45) is 8.93. The molecule has 0 bridgehead atoms. The van der Waals surface area contributed by atoms with Crippen LogP contribution in [0.25, 0.3) is 0 Å². The van der Waals surface area contributed by atoms with Gasteiger partial charge in [-0.1, -0.05) is 0 Å². The number of amides is 1. The molecule has 1 atom stereocenters. The number of fused-ring (bicyclic) bond motifs is 1. The Kier molecular flexibility index (Phi) is 9.30. The van der Waals surface area contributed by atoms with Gasteiger partial charge in [-0.15, -0.1) is 0 Å². The highest BCUT2D eigenvalue weighted by atomic mass is 32.2. The number of sulfonamides is 1. The van der Waals surface area contributed by atoms with Crippen molar-refractivity contribution in [2.24, 2.45) is 5.92 Å². The summed E-state index contributed by atoms with van der Waals surface area (Å²) in [6.45, 7) is 5.86. The van der Waals surface area contributed by atoms with Gasteiger partial charge in [0.1, 0.15) is 5.75 Å². The first kappa shape index (κ1) is 27.4. The Morgan fingerprint density at radius 1 is 1.11 bits per heavy atom. The first-order valence-corrected chi connectivity index (χ1v) is 15.1. The average molecular weight is 521 g/mol. The van der Waals surface area contributed by atoms with Gasteiger partial charge in [0.2, 0.25) is 15.9 Å². The lowest BCUT2D eigenvalue weighted by atomic mass is 9.84. The quantitative estimate of drug-likeness (QED) is 0.520. The highest BCUT2D eigenvalue weighted by molar-refractivity contribution is 7.89. The third kappa shape index (κ3) is 6.79. The number of methoxy groups -OCH3 is 1. The van der Waals surface area contributed by atoms with E-state index < -0.39 is 10.0 Å². The standard InChI is InChI=1S/C27H44N4O4S/c1-20-17-25(35-3)18-22-11-15-31(36(33,34)27(20)22)16-12-26(32)29-23-8-6-21(7-9-23)10-13-28-24-5-4-14-30(2)19-24/h17-18,21,23-24,28H,4-16,19H2,1-3H3,(H,29,32). The third-order valence-electron chi connectivity index (χ3n) is 8.20. The van der Waals surface area contributed by atoms with Crippen molar-refractivity contribution in [1.29, 1.82) is 0 Å². The fourth-order valence-electron chi connectivity index (χ4n) is 6.16. The van der Waals surface area contributed by atoms with E-state index in [1.807, 2.05) is 6.07 Å². The summed E-state index contributed by atoms with van der Waals surface area (Å²) in [4.78, 5) is 15.4. The van der Waals surface area contributed by atoms with Crippen LogP contribution in [0.3, 0.4) is 0 Å². The van der Waals surface area contributed by atoms with Gasteiger partial charge in [0.15, 0.2) is 0 Å². The van der Waals surface area contributed by atoms with Crippen molar-refractivity contribution >= 4 is 15.9 Å². The van der Waals surface area contributed by atoms with Crippen LogP contribution in [0.2, 0.25) is 0 Å². The number of hydrogen-bond acceptors (Lipinski definition) is 6. The topological polar surface area (TPSA) is 91.0 Å². The van der Waals surface area contributed by atoms with Crippen molar-refractivity contribution in [2.75, 3.05) is 46.9 Å². The third-order valence-corrected chi connectivity index (χ3v) is 10.3.